The Bertz CT molecular complexity index is 890. The molecule has 0 saturated carbocycles. The van der Waals surface area contributed by atoms with E-state index in [1.165, 1.54) is 11.0 Å². The molecule has 7 heteroatoms. The van der Waals surface area contributed by atoms with Gasteiger partial charge in [0.05, 0.1) is 5.69 Å². The Labute approximate surface area is 133 Å². The third-order valence-corrected chi connectivity index (χ3v) is 3.83. The zero-order valence-corrected chi connectivity index (χ0v) is 13.6. The fourth-order valence-corrected chi connectivity index (χ4v) is 2.49. The van der Waals surface area contributed by atoms with E-state index in [1.807, 2.05) is 45.9 Å². The van der Waals surface area contributed by atoms with Crippen LogP contribution in [0, 0.1) is 13.8 Å². The van der Waals surface area contributed by atoms with Crippen LogP contribution in [-0.2, 0) is 6.42 Å². The molecule has 3 rings (SSSR count). The van der Waals surface area contributed by atoms with Gasteiger partial charge in [-0.1, -0.05) is 19.1 Å². The average Bonchev–Trinajstić information content (AvgIpc) is 3.15. The Morgan fingerprint density at radius 3 is 2.74 bits per heavy atom. The first kappa shape index (κ1) is 15.2. The number of nitrogens with zero attached hydrogens (tertiary/aromatic N) is 5. The Kier molecular flexibility index (Phi) is 3.85. The highest BCUT2D eigenvalue weighted by atomic mass is 16.4. The van der Waals surface area contributed by atoms with Crippen molar-refractivity contribution in [2.24, 2.45) is 0 Å². The average molecular weight is 313 g/mol. The lowest BCUT2D eigenvalue weighted by Crippen LogP contribution is -2.27. The number of hydrogen-bond donors (Lipinski definition) is 0. The van der Waals surface area contributed by atoms with Crippen molar-refractivity contribution in [1.29, 1.82) is 0 Å². The van der Waals surface area contributed by atoms with Gasteiger partial charge < -0.3 is 4.42 Å². The van der Waals surface area contributed by atoms with Gasteiger partial charge in [0.15, 0.2) is 0 Å². The molecule has 1 atom stereocenters. The van der Waals surface area contributed by atoms with Crippen molar-refractivity contribution >= 4 is 0 Å². The molecular formula is C16H19N5O2. The Morgan fingerprint density at radius 2 is 2.04 bits per heavy atom. The third kappa shape index (κ3) is 2.69. The second kappa shape index (κ2) is 5.83. The van der Waals surface area contributed by atoms with E-state index < -0.39 is 6.04 Å². The Morgan fingerprint density at radius 1 is 1.26 bits per heavy atom. The summed E-state index contributed by atoms with van der Waals surface area (Å²) in [6.07, 6.45) is 2.18. The van der Waals surface area contributed by atoms with Gasteiger partial charge in [-0.05, 0) is 38.0 Å². The van der Waals surface area contributed by atoms with E-state index in [4.69, 9.17) is 4.42 Å². The summed E-state index contributed by atoms with van der Waals surface area (Å²) in [6, 6.07) is 5.67. The van der Waals surface area contributed by atoms with E-state index in [9.17, 15) is 4.79 Å². The van der Waals surface area contributed by atoms with Gasteiger partial charge >= 0.3 is 5.69 Å². The Balaban J connectivity index is 2.12. The molecule has 2 aromatic heterocycles. The van der Waals surface area contributed by atoms with Crippen LogP contribution in [0.5, 0.6) is 0 Å². The van der Waals surface area contributed by atoms with E-state index in [2.05, 4.69) is 15.2 Å². The fraction of sp³-hybridized carbons (Fsp3) is 0.375. The summed E-state index contributed by atoms with van der Waals surface area (Å²) in [4.78, 5) is 16.2. The molecule has 0 N–H and O–H groups in total. The molecule has 1 unspecified atom stereocenters. The third-order valence-electron chi connectivity index (χ3n) is 3.83. The van der Waals surface area contributed by atoms with E-state index in [0.29, 0.717) is 18.2 Å². The van der Waals surface area contributed by atoms with Crippen molar-refractivity contribution in [2.45, 2.75) is 40.2 Å². The van der Waals surface area contributed by atoms with E-state index in [-0.39, 0.29) is 5.69 Å². The van der Waals surface area contributed by atoms with Crippen molar-refractivity contribution in [2.75, 3.05) is 0 Å². The molecule has 7 nitrogen and oxygen atoms in total. The molecule has 120 valence electrons. The minimum atomic E-state index is -0.405. The second-order valence-corrected chi connectivity index (χ2v) is 5.57. The normalized spacial score (nSPS) is 12.5. The van der Waals surface area contributed by atoms with Crippen LogP contribution in [0.2, 0.25) is 0 Å². The van der Waals surface area contributed by atoms with Gasteiger partial charge in [-0.2, -0.15) is 4.98 Å². The van der Waals surface area contributed by atoms with Gasteiger partial charge in [0.1, 0.15) is 12.4 Å². The van der Waals surface area contributed by atoms with Gasteiger partial charge in [-0.15, -0.1) is 10.2 Å². The van der Waals surface area contributed by atoms with Crippen LogP contribution < -0.4 is 5.69 Å². The second-order valence-electron chi connectivity index (χ2n) is 5.57. The molecule has 0 radical (unpaired) electrons. The van der Waals surface area contributed by atoms with Gasteiger partial charge in [-0.25, -0.2) is 14.2 Å². The predicted molar refractivity (Wildman–Crippen MR) is 84.8 cm³/mol. The molecule has 0 aliphatic carbocycles. The van der Waals surface area contributed by atoms with Crippen molar-refractivity contribution < 1.29 is 4.42 Å². The van der Waals surface area contributed by atoms with Gasteiger partial charge in [-0.3, -0.25) is 0 Å². The lowest BCUT2D eigenvalue weighted by atomic mass is 10.1. The van der Waals surface area contributed by atoms with Crippen LogP contribution in [0.4, 0.5) is 0 Å². The lowest BCUT2D eigenvalue weighted by Gasteiger charge is -2.16. The molecule has 0 amide bonds. The van der Waals surface area contributed by atoms with Crippen molar-refractivity contribution in [1.82, 2.24) is 24.5 Å². The first-order valence-electron chi connectivity index (χ1n) is 7.57. The molecule has 3 aromatic rings. The summed E-state index contributed by atoms with van der Waals surface area (Å²) in [7, 11) is 0. The molecule has 0 saturated heterocycles. The minimum Gasteiger partial charge on any atom is -0.423 e. The number of benzene rings is 1. The standard InChI is InChI=1S/C16H19N5O2/c1-5-14-18-19-15(23-14)12(4)21-16(22)17-9-20(21)13-8-10(2)6-7-11(13)3/h6-9,12H,5H2,1-4H3. The van der Waals surface area contributed by atoms with E-state index in [1.54, 1.807) is 4.68 Å². The molecule has 0 fully saturated rings. The van der Waals surface area contributed by atoms with Crippen molar-refractivity contribution in [3.8, 4) is 5.69 Å². The van der Waals surface area contributed by atoms with Crippen LogP contribution in [0.15, 0.2) is 33.7 Å². The fourth-order valence-electron chi connectivity index (χ4n) is 2.49. The monoisotopic (exact) mass is 313 g/mol. The smallest absolute Gasteiger partial charge is 0.364 e. The number of hydrogen-bond acceptors (Lipinski definition) is 5. The number of aromatic nitrogens is 5. The summed E-state index contributed by atoms with van der Waals surface area (Å²) >= 11 is 0. The molecular weight excluding hydrogens is 294 g/mol. The zero-order chi connectivity index (χ0) is 16.6. The highest BCUT2D eigenvalue weighted by Gasteiger charge is 2.21. The minimum absolute atomic E-state index is 0.352. The topological polar surface area (TPSA) is 78.7 Å². The maximum Gasteiger partial charge on any atom is 0.364 e. The van der Waals surface area contributed by atoms with Crippen molar-refractivity contribution in [3.63, 3.8) is 0 Å². The maximum atomic E-state index is 12.2. The molecule has 0 bridgehead atoms. The zero-order valence-electron chi connectivity index (χ0n) is 13.6. The predicted octanol–water partition coefficient (Wildman–Crippen LogP) is 2.21. The van der Waals surface area contributed by atoms with Gasteiger partial charge in [0.25, 0.3) is 0 Å². The Hall–Kier alpha value is -2.70. The van der Waals surface area contributed by atoms with Crippen LogP contribution in [0.25, 0.3) is 5.69 Å². The number of rotatable bonds is 4. The molecule has 0 aliphatic heterocycles. The van der Waals surface area contributed by atoms with Gasteiger partial charge in [0, 0.05) is 6.42 Å². The van der Waals surface area contributed by atoms with Crippen LogP contribution in [-0.4, -0.2) is 24.5 Å². The highest BCUT2D eigenvalue weighted by Crippen LogP contribution is 2.20. The summed E-state index contributed by atoms with van der Waals surface area (Å²) < 4.78 is 8.86. The van der Waals surface area contributed by atoms with Crippen LogP contribution >= 0.6 is 0 Å². The first-order chi connectivity index (χ1) is 11.0. The SMILES string of the molecule is CCc1nnc(C(C)n2c(=O)ncn2-c2cc(C)ccc2C)o1. The largest absolute Gasteiger partial charge is 0.423 e. The summed E-state index contributed by atoms with van der Waals surface area (Å²) in [6.45, 7) is 7.79. The first-order valence-corrected chi connectivity index (χ1v) is 7.57. The molecule has 0 aliphatic rings. The van der Waals surface area contributed by atoms with Crippen molar-refractivity contribution in [3.05, 3.63) is 57.9 Å². The van der Waals surface area contributed by atoms with E-state index >= 15 is 0 Å². The highest BCUT2D eigenvalue weighted by molar-refractivity contribution is 5.42. The molecule has 0 spiro atoms. The number of aryl methyl sites for hydroxylation is 3. The molecule has 1 aromatic carbocycles. The summed E-state index contributed by atoms with van der Waals surface area (Å²) in [5, 5.41) is 8.01. The molecule has 23 heavy (non-hydrogen) atoms. The maximum absolute atomic E-state index is 12.2. The summed E-state index contributed by atoms with van der Waals surface area (Å²) in [5.41, 5.74) is 2.71. The van der Waals surface area contributed by atoms with Crippen LogP contribution in [0.3, 0.4) is 0 Å². The molecule has 2 heterocycles. The quantitative estimate of drug-likeness (QED) is 0.738. The lowest BCUT2D eigenvalue weighted by molar-refractivity contribution is 0.370. The van der Waals surface area contributed by atoms with E-state index in [0.717, 1.165) is 16.8 Å². The van der Waals surface area contributed by atoms with Crippen LogP contribution in [0.1, 0.15) is 42.8 Å². The summed E-state index contributed by atoms with van der Waals surface area (Å²) in [5.74, 6) is 0.953. The van der Waals surface area contributed by atoms with Gasteiger partial charge in [0.2, 0.25) is 11.8 Å².